The van der Waals surface area contributed by atoms with Crippen LogP contribution in [0.15, 0.2) is 29.2 Å². The normalized spacial score (nSPS) is 20.2. The molecular formula is C15H21NO3S. The Hall–Kier alpha value is -1.36. The average Bonchev–Trinajstić information content (AvgIpc) is 2.39. The number of benzene rings is 1. The Kier molecular flexibility index (Phi) is 4.48. The van der Waals surface area contributed by atoms with Gasteiger partial charge in [-0.05, 0) is 38.3 Å². The molecule has 0 N–H and O–H groups in total. The Bertz CT molecular complexity index is 576. The van der Waals surface area contributed by atoms with E-state index in [0.717, 1.165) is 35.6 Å². The van der Waals surface area contributed by atoms with E-state index in [0.29, 0.717) is 6.42 Å². The van der Waals surface area contributed by atoms with Crippen LogP contribution in [-0.4, -0.2) is 24.7 Å². The minimum absolute atomic E-state index is 0.187. The maximum Gasteiger partial charge on any atom is 0.266 e. The molecule has 1 aromatic rings. The highest BCUT2D eigenvalue weighted by molar-refractivity contribution is 7.89. The number of carbonyl (C=O) groups excluding carboxylic acids is 1. The van der Waals surface area contributed by atoms with Crippen LogP contribution >= 0.6 is 0 Å². The third-order valence-corrected chi connectivity index (χ3v) is 5.59. The largest absolute Gasteiger partial charge is 0.274 e. The highest BCUT2D eigenvalue weighted by Gasteiger charge is 2.37. The van der Waals surface area contributed by atoms with Gasteiger partial charge in [-0.15, -0.1) is 0 Å². The number of piperidine rings is 1. The Morgan fingerprint density at radius 3 is 2.50 bits per heavy atom. The number of hydrogen-bond acceptors (Lipinski definition) is 3. The van der Waals surface area contributed by atoms with Gasteiger partial charge in [-0.3, -0.25) is 4.79 Å². The number of sulfonamides is 1. The van der Waals surface area contributed by atoms with Gasteiger partial charge in [0.25, 0.3) is 10.0 Å². The molecule has 20 heavy (non-hydrogen) atoms. The maximum absolute atomic E-state index is 12.7. The van der Waals surface area contributed by atoms with E-state index >= 15 is 0 Å². The molecule has 1 amide bonds. The SMILES string of the molecule is CCC[C@H]1CCCC(=O)N1S(=O)(=O)c1ccc(C)cc1. The fourth-order valence-electron chi connectivity index (χ4n) is 2.67. The molecule has 110 valence electrons. The van der Waals surface area contributed by atoms with Gasteiger partial charge in [0.1, 0.15) is 0 Å². The molecule has 0 aliphatic carbocycles. The first-order valence-electron chi connectivity index (χ1n) is 7.10. The molecule has 5 heteroatoms. The van der Waals surface area contributed by atoms with Crippen LogP contribution in [0.3, 0.4) is 0 Å². The number of carbonyl (C=O) groups is 1. The second-order valence-electron chi connectivity index (χ2n) is 5.34. The van der Waals surface area contributed by atoms with Gasteiger partial charge in [-0.25, -0.2) is 12.7 Å². The van der Waals surface area contributed by atoms with Crippen LogP contribution in [0.25, 0.3) is 0 Å². The minimum atomic E-state index is -3.72. The summed E-state index contributed by atoms with van der Waals surface area (Å²) >= 11 is 0. The summed E-state index contributed by atoms with van der Waals surface area (Å²) in [6.45, 7) is 3.91. The summed E-state index contributed by atoms with van der Waals surface area (Å²) in [4.78, 5) is 12.3. The molecule has 2 rings (SSSR count). The van der Waals surface area contributed by atoms with Crippen molar-refractivity contribution in [3.8, 4) is 0 Å². The van der Waals surface area contributed by atoms with Crippen molar-refractivity contribution in [1.82, 2.24) is 4.31 Å². The van der Waals surface area contributed by atoms with Crippen molar-refractivity contribution >= 4 is 15.9 Å². The third-order valence-electron chi connectivity index (χ3n) is 3.71. The molecule has 0 unspecified atom stereocenters. The lowest BCUT2D eigenvalue weighted by molar-refractivity contribution is -0.130. The van der Waals surface area contributed by atoms with Gasteiger partial charge in [0.15, 0.2) is 0 Å². The highest BCUT2D eigenvalue weighted by atomic mass is 32.2. The van der Waals surface area contributed by atoms with E-state index < -0.39 is 10.0 Å². The number of rotatable bonds is 4. The quantitative estimate of drug-likeness (QED) is 0.858. The van der Waals surface area contributed by atoms with E-state index in [1.54, 1.807) is 24.3 Å². The van der Waals surface area contributed by atoms with Gasteiger partial charge in [0, 0.05) is 12.5 Å². The van der Waals surface area contributed by atoms with Crippen molar-refractivity contribution in [2.45, 2.75) is 56.9 Å². The summed E-state index contributed by atoms with van der Waals surface area (Å²) in [5.74, 6) is -0.268. The van der Waals surface area contributed by atoms with Gasteiger partial charge in [-0.1, -0.05) is 31.0 Å². The Morgan fingerprint density at radius 2 is 1.90 bits per heavy atom. The number of aryl methyl sites for hydroxylation is 1. The topological polar surface area (TPSA) is 54.5 Å². The predicted molar refractivity (Wildman–Crippen MR) is 77.8 cm³/mol. The van der Waals surface area contributed by atoms with Gasteiger partial charge >= 0.3 is 0 Å². The molecule has 1 fully saturated rings. The lowest BCUT2D eigenvalue weighted by Gasteiger charge is -2.34. The Balaban J connectivity index is 2.38. The van der Waals surface area contributed by atoms with Crippen molar-refractivity contribution < 1.29 is 13.2 Å². The van der Waals surface area contributed by atoms with Crippen molar-refractivity contribution in [2.75, 3.05) is 0 Å². The fraction of sp³-hybridized carbons (Fsp3) is 0.533. The van der Waals surface area contributed by atoms with Crippen LogP contribution in [0.2, 0.25) is 0 Å². The van der Waals surface area contributed by atoms with Crippen LogP contribution in [0, 0.1) is 6.92 Å². The van der Waals surface area contributed by atoms with Gasteiger partial charge in [-0.2, -0.15) is 0 Å². The molecule has 1 saturated heterocycles. The molecule has 0 spiro atoms. The van der Waals surface area contributed by atoms with Crippen LogP contribution < -0.4 is 0 Å². The zero-order chi connectivity index (χ0) is 14.8. The minimum Gasteiger partial charge on any atom is -0.274 e. The summed E-state index contributed by atoms with van der Waals surface area (Å²) in [5, 5.41) is 0. The second-order valence-corrected chi connectivity index (χ2v) is 7.16. The zero-order valence-corrected chi connectivity index (χ0v) is 12.8. The van der Waals surface area contributed by atoms with Gasteiger partial charge in [0.2, 0.25) is 5.91 Å². The van der Waals surface area contributed by atoms with E-state index in [1.165, 1.54) is 0 Å². The molecule has 1 aromatic carbocycles. The van der Waals surface area contributed by atoms with Gasteiger partial charge in [0.05, 0.1) is 4.90 Å². The fourth-order valence-corrected chi connectivity index (χ4v) is 4.34. The zero-order valence-electron chi connectivity index (χ0n) is 12.0. The predicted octanol–water partition coefficient (Wildman–Crippen LogP) is 2.86. The van der Waals surface area contributed by atoms with Crippen LogP contribution in [-0.2, 0) is 14.8 Å². The lowest BCUT2D eigenvalue weighted by atomic mass is 10.0. The Labute approximate surface area is 120 Å². The smallest absolute Gasteiger partial charge is 0.266 e. The number of nitrogens with zero attached hydrogens (tertiary/aromatic N) is 1. The first kappa shape index (κ1) is 15.0. The lowest BCUT2D eigenvalue weighted by Crippen LogP contribution is -2.47. The van der Waals surface area contributed by atoms with Gasteiger partial charge < -0.3 is 0 Å². The van der Waals surface area contributed by atoms with Crippen molar-refractivity contribution in [3.63, 3.8) is 0 Å². The van der Waals surface area contributed by atoms with E-state index in [1.807, 2.05) is 13.8 Å². The Morgan fingerprint density at radius 1 is 1.25 bits per heavy atom. The molecule has 1 heterocycles. The third kappa shape index (κ3) is 2.87. The summed E-state index contributed by atoms with van der Waals surface area (Å²) < 4.78 is 26.5. The second kappa shape index (κ2) is 5.95. The molecule has 0 aromatic heterocycles. The molecule has 1 aliphatic heterocycles. The molecule has 1 atom stereocenters. The highest BCUT2D eigenvalue weighted by Crippen LogP contribution is 2.28. The van der Waals surface area contributed by atoms with Crippen LogP contribution in [0.1, 0.15) is 44.6 Å². The standard InChI is InChI=1S/C15H21NO3S/c1-3-5-13-6-4-7-15(17)16(13)20(18,19)14-10-8-12(2)9-11-14/h8-11,13H,3-7H2,1-2H3/t13-/m0/s1. The number of amides is 1. The summed E-state index contributed by atoms with van der Waals surface area (Å²) in [6, 6.07) is 6.49. The first-order chi connectivity index (χ1) is 9.46. The molecule has 0 bridgehead atoms. The van der Waals surface area contributed by atoms with E-state index in [2.05, 4.69) is 0 Å². The molecular weight excluding hydrogens is 274 g/mol. The van der Waals surface area contributed by atoms with E-state index in [9.17, 15) is 13.2 Å². The molecule has 0 radical (unpaired) electrons. The molecule has 0 saturated carbocycles. The summed E-state index contributed by atoms with van der Waals surface area (Å²) in [6.07, 6.45) is 3.48. The molecule has 4 nitrogen and oxygen atoms in total. The first-order valence-corrected chi connectivity index (χ1v) is 8.54. The van der Waals surface area contributed by atoms with Crippen LogP contribution in [0.5, 0.6) is 0 Å². The number of hydrogen-bond donors (Lipinski definition) is 0. The van der Waals surface area contributed by atoms with E-state index in [4.69, 9.17) is 0 Å². The average molecular weight is 295 g/mol. The maximum atomic E-state index is 12.7. The van der Waals surface area contributed by atoms with Crippen molar-refractivity contribution in [3.05, 3.63) is 29.8 Å². The summed E-state index contributed by atoms with van der Waals surface area (Å²) in [7, 11) is -3.72. The molecule has 1 aliphatic rings. The van der Waals surface area contributed by atoms with Crippen molar-refractivity contribution in [1.29, 1.82) is 0 Å². The van der Waals surface area contributed by atoms with E-state index in [-0.39, 0.29) is 16.8 Å². The van der Waals surface area contributed by atoms with Crippen LogP contribution in [0.4, 0.5) is 0 Å². The van der Waals surface area contributed by atoms with Crippen molar-refractivity contribution in [2.24, 2.45) is 0 Å². The summed E-state index contributed by atoms with van der Waals surface area (Å²) in [5.41, 5.74) is 0.999. The monoisotopic (exact) mass is 295 g/mol.